The van der Waals surface area contributed by atoms with Gasteiger partial charge in [-0.15, -0.1) is 0 Å². The molecule has 0 bridgehead atoms. The van der Waals surface area contributed by atoms with Crippen LogP contribution < -0.4 is 0 Å². The smallest absolute Gasteiger partial charge is 0.330 e. The quantitative estimate of drug-likeness (QED) is 0.630. The molecular weight excluding hydrogens is 214 g/mol. The van der Waals surface area contributed by atoms with Gasteiger partial charge in [0.15, 0.2) is 0 Å². The number of nitrogens with zero attached hydrogens (tertiary/aromatic N) is 1. The zero-order valence-electron chi connectivity index (χ0n) is 11.8. The maximum absolute atomic E-state index is 10.8. The minimum absolute atomic E-state index is 0.127. The lowest BCUT2D eigenvalue weighted by Gasteiger charge is -2.42. The first-order valence-corrected chi connectivity index (χ1v) is 6.63. The minimum Gasteiger partial charge on any atom is -0.478 e. The number of aliphatic carboxylic acids is 1. The number of hydrogen-bond acceptors (Lipinski definition) is 2. The van der Waals surface area contributed by atoms with E-state index in [1.807, 2.05) is 0 Å². The van der Waals surface area contributed by atoms with Crippen molar-refractivity contribution in [2.24, 2.45) is 0 Å². The predicted octanol–water partition coefficient (Wildman–Crippen LogP) is 3.31. The van der Waals surface area contributed by atoms with Gasteiger partial charge in [-0.2, -0.15) is 0 Å². The third kappa shape index (κ3) is 4.15. The topological polar surface area (TPSA) is 40.5 Å². The van der Waals surface area contributed by atoms with E-state index in [0.29, 0.717) is 12.0 Å². The van der Waals surface area contributed by atoms with Gasteiger partial charge in [-0.05, 0) is 38.8 Å². The second-order valence-corrected chi connectivity index (χ2v) is 4.51. The van der Waals surface area contributed by atoms with Crippen molar-refractivity contribution in [3.63, 3.8) is 0 Å². The Labute approximate surface area is 106 Å². The van der Waals surface area contributed by atoms with Crippen molar-refractivity contribution in [3.05, 3.63) is 12.2 Å². The molecule has 0 saturated heterocycles. The highest BCUT2D eigenvalue weighted by atomic mass is 16.4. The van der Waals surface area contributed by atoms with Gasteiger partial charge in [0.25, 0.3) is 0 Å². The lowest BCUT2D eigenvalue weighted by molar-refractivity contribution is -0.132. The Morgan fingerprint density at radius 3 is 1.94 bits per heavy atom. The van der Waals surface area contributed by atoms with Crippen LogP contribution in [0, 0.1) is 0 Å². The molecule has 0 rings (SSSR count). The summed E-state index contributed by atoms with van der Waals surface area (Å²) in [5.74, 6) is -0.870. The fourth-order valence-corrected chi connectivity index (χ4v) is 2.59. The van der Waals surface area contributed by atoms with Gasteiger partial charge in [0.1, 0.15) is 0 Å². The molecule has 3 nitrogen and oxygen atoms in total. The van der Waals surface area contributed by atoms with Crippen LogP contribution in [-0.4, -0.2) is 34.6 Å². The van der Waals surface area contributed by atoms with Gasteiger partial charge in [0, 0.05) is 11.1 Å². The standard InChI is InChI=1S/C14H27NO2/c1-6-14(7-2,15(8-3)9-4)11-10-12(5)13(16)17/h5-11H2,1-4H3,(H,16,17). The van der Waals surface area contributed by atoms with Gasteiger partial charge in [-0.25, -0.2) is 4.79 Å². The molecule has 0 radical (unpaired) electrons. The molecule has 100 valence electrons. The van der Waals surface area contributed by atoms with E-state index < -0.39 is 5.97 Å². The van der Waals surface area contributed by atoms with E-state index in [1.54, 1.807) is 0 Å². The van der Waals surface area contributed by atoms with Crippen LogP contribution >= 0.6 is 0 Å². The Bertz CT molecular complexity index is 253. The molecule has 3 heteroatoms. The van der Waals surface area contributed by atoms with Crippen LogP contribution in [0.1, 0.15) is 53.4 Å². The molecule has 0 saturated carbocycles. The van der Waals surface area contributed by atoms with Crippen LogP contribution in [0.15, 0.2) is 12.2 Å². The molecule has 0 fully saturated rings. The Hall–Kier alpha value is -0.830. The molecule has 0 unspecified atom stereocenters. The molecular formula is C14H27NO2. The van der Waals surface area contributed by atoms with E-state index in [9.17, 15) is 4.79 Å². The first-order valence-electron chi connectivity index (χ1n) is 6.63. The van der Waals surface area contributed by atoms with Crippen molar-refractivity contribution >= 4 is 5.97 Å². The SMILES string of the molecule is C=C(CCC(CC)(CC)N(CC)CC)C(=O)O. The van der Waals surface area contributed by atoms with E-state index >= 15 is 0 Å². The average molecular weight is 241 g/mol. The van der Waals surface area contributed by atoms with Crippen LogP contribution in [-0.2, 0) is 4.79 Å². The lowest BCUT2D eigenvalue weighted by atomic mass is 9.84. The highest BCUT2D eigenvalue weighted by Crippen LogP contribution is 2.30. The molecule has 0 aliphatic rings. The number of carbonyl (C=O) groups is 1. The Kier molecular flexibility index (Phi) is 7.12. The van der Waals surface area contributed by atoms with Crippen LogP contribution in [0.5, 0.6) is 0 Å². The van der Waals surface area contributed by atoms with E-state index in [2.05, 4.69) is 39.2 Å². The molecule has 0 aromatic carbocycles. The van der Waals surface area contributed by atoms with Crippen molar-refractivity contribution in [1.82, 2.24) is 4.90 Å². The fraction of sp³-hybridized carbons (Fsp3) is 0.786. The monoisotopic (exact) mass is 241 g/mol. The molecule has 0 amide bonds. The molecule has 0 aliphatic heterocycles. The summed E-state index contributed by atoms with van der Waals surface area (Å²) in [5.41, 5.74) is 0.449. The van der Waals surface area contributed by atoms with E-state index in [-0.39, 0.29) is 5.54 Å². The Morgan fingerprint density at radius 1 is 1.18 bits per heavy atom. The summed E-state index contributed by atoms with van der Waals surface area (Å²) in [6.07, 6.45) is 3.57. The molecule has 0 aromatic heterocycles. The minimum atomic E-state index is -0.870. The van der Waals surface area contributed by atoms with E-state index in [4.69, 9.17) is 5.11 Å². The Balaban J connectivity index is 4.71. The highest BCUT2D eigenvalue weighted by Gasteiger charge is 2.31. The maximum Gasteiger partial charge on any atom is 0.330 e. The third-order valence-electron chi connectivity index (χ3n) is 3.95. The molecule has 0 aliphatic carbocycles. The summed E-state index contributed by atoms with van der Waals surface area (Å²) in [5, 5.41) is 8.86. The highest BCUT2D eigenvalue weighted by molar-refractivity contribution is 5.85. The van der Waals surface area contributed by atoms with Gasteiger partial charge in [0.2, 0.25) is 0 Å². The van der Waals surface area contributed by atoms with Crippen LogP contribution in [0.25, 0.3) is 0 Å². The van der Waals surface area contributed by atoms with Crippen molar-refractivity contribution in [1.29, 1.82) is 0 Å². The predicted molar refractivity (Wildman–Crippen MR) is 72.2 cm³/mol. The third-order valence-corrected chi connectivity index (χ3v) is 3.95. The van der Waals surface area contributed by atoms with Gasteiger partial charge in [0.05, 0.1) is 0 Å². The molecule has 1 N–H and O–H groups in total. The number of carboxylic acid groups (broad SMARTS) is 1. The van der Waals surface area contributed by atoms with Crippen LogP contribution in [0.3, 0.4) is 0 Å². The molecule has 0 atom stereocenters. The number of hydrogen-bond donors (Lipinski definition) is 1. The fourth-order valence-electron chi connectivity index (χ4n) is 2.59. The first kappa shape index (κ1) is 16.2. The van der Waals surface area contributed by atoms with Crippen molar-refractivity contribution in [2.45, 2.75) is 58.9 Å². The zero-order chi connectivity index (χ0) is 13.5. The summed E-state index contributed by atoms with van der Waals surface area (Å²) >= 11 is 0. The Morgan fingerprint density at radius 2 is 1.65 bits per heavy atom. The summed E-state index contributed by atoms with van der Waals surface area (Å²) in [7, 11) is 0. The van der Waals surface area contributed by atoms with Crippen molar-refractivity contribution < 1.29 is 9.90 Å². The molecule has 17 heavy (non-hydrogen) atoms. The second-order valence-electron chi connectivity index (χ2n) is 4.51. The van der Waals surface area contributed by atoms with Gasteiger partial charge in [-0.3, -0.25) is 4.90 Å². The maximum atomic E-state index is 10.8. The van der Waals surface area contributed by atoms with Crippen LogP contribution in [0.4, 0.5) is 0 Å². The number of rotatable bonds is 9. The van der Waals surface area contributed by atoms with Gasteiger partial charge in [-0.1, -0.05) is 34.3 Å². The summed E-state index contributed by atoms with van der Waals surface area (Å²) in [6, 6.07) is 0. The normalized spacial score (nSPS) is 11.8. The van der Waals surface area contributed by atoms with Crippen molar-refractivity contribution in [3.8, 4) is 0 Å². The lowest BCUT2D eigenvalue weighted by Crippen LogP contribution is -2.47. The van der Waals surface area contributed by atoms with Gasteiger partial charge >= 0.3 is 5.97 Å². The summed E-state index contributed by atoms with van der Waals surface area (Å²) < 4.78 is 0. The molecule has 0 aromatic rings. The van der Waals surface area contributed by atoms with Crippen LogP contribution in [0.2, 0.25) is 0 Å². The molecule has 0 spiro atoms. The zero-order valence-corrected chi connectivity index (χ0v) is 11.8. The molecule has 0 heterocycles. The second kappa shape index (κ2) is 7.49. The average Bonchev–Trinajstić information content (AvgIpc) is 2.34. The number of carboxylic acids is 1. The van der Waals surface area contributed by atoms with E-state index in [1.165, 1.54) is 0 Å². The largest absolute Gasteiger partial charge is 0.478 e. The summed E-state index contributed by atoms with van der Waals surface area (Å²) in [4.78, 5) is 13.2. The first-order chi connectivity index (χ1) is 7.97. The van der Waals surface area contributed by atoms with E-state index in [0.717, 1.165) is 32.4 Å². The van der Waals surface area contributed by atoms with Crippen molar-refractivity contribution in [2.75, 3.05) is 13.1 Å². The summed E-state index contributed by atoms with van der Waals surface area (Å²) in [6.45, 7) is 14.3. The van der Waals surface area contributed by atoms with Gasteiger partial charge < -0.3 is 5.11 Å².